The van der Waals surface area contributed by atoms with Crippen molar-refractivity contribution in [1.82, 2.24) is 10.2 Å². The first-order chi connectivity index (χ1) is 10.1. The van der Waals surface area contributed by atoms with E-state index in [-0.39, 0.29) is 18.3 Å². The van der Waals surface area contributed by atoms with Crippen molar-refractivity contribution in [3.63, 3.8) is 0 Å². The molecule has 116 valence electrons. The second-order valence-electron chi connectivity index (χ2n) is 5.20. The molecule has 0 saturated carbocycles. The van der Waals surface area contributed by atoms with E-state index in [1.165, 1.54) is 13.2 Å². The number of piperidine rings is 1. The molecule has 1 aromatic rings. The average Bonchev–Trinajstić information content (AvgIpc) is 2.49. The number of nitrogens with one attached hydrogen (secondary N) is 1. The van der Waals surface area contributed by atoms with Gasteiger partial charge in [-0.2, -0.15) is 0 Å². The molecule has 0 atom stereocenters. The predicted molar refractivity (Wildman–Crippen MR) is 82.4 cm³/mol. The Morgan fingerprint density at radius 2 is 2.19 bits per heavy atom. The Labute approximate surface area is 132 Å². The minimum Gasteiger partial charge on any atom is -0.375 e. The molecule has 6 heteroatoms. The molecule has 1 amide bonds. The fourth-order valence-corrected chi connectivity index (χ4v) is 2.89. The van der Waals surface area contributed by atoms with Gasteiger partial charge in [0.25, 0.3) is 0 Å². The van der Waals surface area contributed by atoms with Crippen LogP contribution in [-0.2, 0) is 16.1 Å². The average molecular weight is 359 g/mol. The summed E-state index contributed by atoms with van der Waals surface area (Å²) in [5, 5.41) is 3.37. The molecule has 21 heavy (non-hydrogen) atoms. The quantitative estimate of drug-likeness (QED) is 0.878. The molecule has 0 aromatic heterocycles. The summed E-state index contributed by atoms with van der Waals surface area (Å²) < 4.78 is 19.4. The van der Waals surface area contributed by atoms with Gasteiger partial charge in [-0.3, -0.25) is 4.79 Å². The fraction of sp³-hybridized carbons (Fsp3) is 0.533. The Balaban J connectivity index is 1.79. The highest BCUT2D eigenvalue weighted by Crippen LogP contribution is 2.17. The highest BCUT2D eigenvalue weighted by Gasteiger charge is 2.22. The lowest BCUT2D eigenvalue weighted by Gasteiger charge is -2.32. The molecule has 1 N–H and O–H groups in total. The van der Waals surface area contributed by atoms with Gasteiger partial charge in [0.1, 0.15) is 12.4 Å². The van der Waals surface area contributed by atoms with E-state index in [4.69, 9.17) is 4.74 Å². The van der Waals surface area contributed by atoms with Gasteiger partial charge in [-0.15, -0.1) is 0 Å². The Morgan fingerprint density at radius 3 is 2.86 bits per heavy atom. The molecule has 1 aromatic carbocycles. The number of methoxy groups -OCH3 is 1. The Kier molecular flexibility index (Phi) is 6.14. The summed E-state index contributed by atoms with van der Waals surface area (Å²) >= 11 is 3.35. The van der Waals surface area contributed by atoms with E-state index in [9.17, 15) is 9.18 Å². The van der Waals surface area contributed by atoms with Crippen LogP contribution in [0, 0.1) is 5.82 Å². The topological polar surface area (TPSA) is 41.6 Å². The largest absolute Gasteiger partial charge is 0.375 e. The highest BCUT2D eigenvalue weighted by atomic mass is 79.9. The summed E-state index contributed by atoms with van der Waals surface area (Å²) in [5.74, 6) is -0.160. The number of hydrogen-bond donors (Lipinski definition) is 1. The van der Waals surface area contributed by atoms with Gasteiger partial charge in [0.15, 0.2) is 0 Å². The molecule has 1 heterocycles. The second kappa shape index (κ2) is 7.87. The first kappa shape index (κ1) is 16.4. The summed E-state index contributed by atoms with van der Waals surface area (Å²) in [4.78, 5) is 13.5. The van der Waals surface area contributed by atoms with Crippen molar-refractivity contribution in [3.05, 3.63) is 34.1 Å². The van der Waals surface area contributed by atoms with E-state index in [0.717, 1.165) is 30.4 Å². The van der Waals surface area contributed by atoms with E-state index < -0.39 is 0 Å². The van der Waals surface area contributed by atoms with Crippen LogP contribution in [0.25, 0.3) is 0 Å². The van der Waals surface area contributed by atoms with Crippen molar-refractivity contribution in [2.45, 2.75) is 25.4 Å². The number of hydrogen-bond acceptors (Lipinski definition) is 3. The molecule has 4 nitrogen and oxygen atoms in total. The summed E-state index contributed by atoms with van der Waals surface area (Å²) in [7, 11) is 1.53. The maximum atomic E-state index is 13.6. The minimum atomic E-state index is -0.196. The van der Waals surface area contributed by atoms with Crippen LogP contribution in [-0.4, -0.2) is 43.7 Å². The van der Waals surface area contributed by atoms with Gasteiger partial charge < -0.3 is 15.0 Å². The van der Waals surface area contributed by atoms with Crippen LogP contribution in [0.2, 0.25) is 0 Å². The SMILES string of the molecule is COCC(=O)N1CCC(NCc2cc(Br)ccc2F)CC1. The summed E-state index contributed by atoms with van der Waals surface area (Å²) in [6.45, 7) is 2.09. The number of likely N-dealkylation sites (tertiary alicyclic amines) is 1. The molecule has 0 aliphatic carbocycles. The van der Waals surface area contributed by atoms with Gasteiger partial charge in [0.2, 0.25) is 5.91 Å². The van der Waals surface area contributed by atoms with Crippen molar-refractivity contribution in [3.8, 4) is 0 Å². The van der Waals surface area contributed by atoms with Crippen LogP contribution in [0.5, 0.6) is 0 Å². The van der Waals surface area contributed by atoms with Crippen LogP contribution in [0.15, 0.2) is 22.7 Å². The fourth-order valence-electron chi connectivity index (χ4n) is 2.48. The standard InChI is InChI=1S/C15H20BrFN2O2/c1-21-10-15(20)19-6-4-13(5-7-19)18-9-11-8-12(16)2-3-14(11)17/h2-3,8,13,18H,4-7,9-10H2,1H3. The van der Waals surface area contributed by atoms with Gasteiger partial charge in [0.05, 0.1) is 0 Å². The van der Waals surface area contributed by atoms with Crippen LogP contribution in [0.1, 0.15) is 18.4 Å². The summed E-state index contributed by atoms with van der Waals surface area (Å²) in [6.07, 6.45) is 1.76. The van der Waals surface area contributed by atoms with Gasteiger partial charge >= 0.3 is 0 Å². The molecule has 0 spiro atoms. The lowest BCUT2D eigenvalue weighted by atomic mass is 10.0. The molecular formula is C15H20BrFN2O2. The third-order valence-corrected chi connectivity index (χ3v) is 4.20. The number of carbonyl (C=O) groups excluding carboxylic acids is 1. The number of nitrogens with zero attached hydrogens (tertiary/aromatic N) is 1. The van der Waals surface area contributed by atoms with Crippen molar-refractivity contribution >= 4 is 21.8 Å². The molecule has 0 unspecified atom stereocenters. The van der Waals surface area contributed by atoms with Crippen LogP contribution in [0.3, 0.4) is 0 Å². The van der Waals surface area contributed by atoms with E-state index in [0.29, 0.717) is 18.2 Å². The van der Waals surface area contributed by atoms with Gasteiger partial charge in [-0.1, -0.05) is 15.9 Å². The highest BCUT2D eigenvalue weighted by molar-refractivity contribution is 9.10. The van der Waals surface area contributed by atoms with E-state index in [2.05, 4.69) is 21.2 Å². The third-order valence-electron chi connectivity index (χ3n) is 3.70. The lowest BCUT2D eigenvalue weighted by molar-refractivity contribution is -0.136. The van der Waals surface area contributed by atoms with E-state index in [1.807, 2.05) is 4.90 Å². The van der Waals surface area contributed by atoms with Gasteiger partial charge in [0, 0.05) is 42.8 Å². The van der Waals surface area contributed by atoms with Crippen molar-refractivity contribution in [1.29, 1.82) is 0 Å². The number of carbonyl (C=O) groups is 1. The van der Waals surface area contributed by atoms with Crippen molar-refractivity contribution < 1.29 is 13.9 Å². The smallest absolute Gasteiger partial charge is 0.248 e. The number of benzene rings is 1. The maximum absolute atomic E-state index is 13.6. The third kappa shape index (κ3) is 4.76. The van der Waals surface area contributed by atoms with E-state index >= 15 is 0 Å². The van der Waals surface area contributed by atoms with Crippen LogP contribution >= 0.6 is 15.9 Å². The number of ether oxygens (including phenoxy) is 1. The van der Waals surface area contributed by atoms with Crippen LogP contribution in [0.4, 0.5) is 4.39 Å². The molecule has 1 fully saturated rings. The number of amides is 1. The van der Waals surface area contributed by atoms with Crippen molar-refractivity contribution in [2.24, 2.45) is 0 Å². The monoisotopic (exact) mass is 358 g/mol. The van der Waals surface area contributed by atoms with Crippen LogP contribution < -0.4 is 5.32 Å². The van der Waals surface area contributed by atoms with Crippen molar-refractivity contribution in [2.75, 3.05) is 26.8 Å². The first-order valence-corrected chi connectivity index (χ1v) is 7.83. The Bertz CT molecular complexity index is 491. The molecule has 2 rings (SSSR count). The molecular weight excluding hydrogens is 339 g/mol. The summed E-state index contributed by atoms with van der Waals surface area (Å²) in [5.41, 5.74) is 0.655. The van der Waals surface area contributed by atoms with Gasteiger partial charge in [-0.05, 0) is 31.0 Å². The zero-order chi connectivity index (χ0) is 15.2. The normalized spacial score (nSPS) is 16.2. The number of halogens is 2. The molecule has 0 bridgehead atoms. The second-order valence-corrected chi connectivity index (χ2v) is 6.12. The maximum Gasteiger partial charge on any atom is 0.248 e. The zero-order valence-electron chi connectivity index (χ0n) is 12.1. The Hall–Kier alpha value is -0.980. The molecule has 1 saturated heterocycles. The Morgan fingerprint density at radius 1 is 1.48 bits per heavy atom. The molecule has 0 radical (unpaired) electrons. The van der Waals surface area contributed by atoms with E-state index in [1.54, 1.807) is 12.1 Å². The predicted octanol–water partition coefficient (Wildman–Crippen LogP) is 2.32. The molecule has 1 aliphatic heterocycles. The zero-order valence-corrected chi connectivity index (χ0v) is 13.7. The molecule has 1 aliphatic rings. The van der Waals surface area contributed by atoms with Gasteiger partial charge in [-0.25, -0.2) is 4.39 Å². The minimum absolute atomic E-state index is 0.0361. The number of rotatable bonds is 5. The summed E-state index contributed by atoms with van der Waals surface area (Å²) in [6, 6.07) is 5.26. The lowest BCUT2D eigenvalue weighted by Crippen LogP contribution is -2.45. The first-order valence-electron chi connectivity index (χ1n) is 7.04.